The average Bonchev–Trinajstić information content (AvgIpc) is 3.23. The van der Waals surface area contributed by atoms with Gasteiger partial charge in [0.1, 0.15) is 11.4 Å². The van der Waals surface area contributed by atoms with Crippen molar-refractivity contribution in [1.82, 2.24) is 4.90 Å². The topological polar surface area (TPSA) is 80.6 Å². The molecule has 0 bridgehead atoms. The van der Waals surface area contributed by atoms with Crippen molar-refractivity contribution in [2.24, 2.45) is 10.9 Å². The molecule has 1 N–H and O–H groups in total. The molecule has 3 aliphatic rings. The number of ether oxygens (including phenoxy) is 3. The molecule has 0 aliphatic carbocycles. The van der Waals surface area contributed by atoms with Crippen LogP contribution < -0.4 is 4.74 Å². The number of hydrogen-bond donors (Lipinski definition) is 1. The summed E-state index contributed by atoms with van der Waals surface area (Å²) in [5, 5.41) is 12.2. The Morgan fingerprint density at radius 2 is 1.94 bits per heavy atom. The maximum absolute atomic E-state index is 12.6. The molecule has 2 aromatic carbocycles. The number of hydrogen-bond acceptors (Lipinski definition) is 7. The third-order valence-corrected chi connectivity index (χ3v) is 7.72. The number of allylic oxidation sites excluding steroid dienone is 1. The fourth-order valence-corrected chi connectivity index (χ4v) is 6.02. The molecule has 3 atom stereocenters. The van der Waals surface area contributed by atoms with Crippen molar-refractivity contribution in [3.05, 3.63) is 71.5 Å². The molecule has 3 heterocycles. The Morgan fingerprint density at radius 1 is 1.17 bits per heavy atom. The van der Waals surface area contributed by atoms with Crippen molar-refractivity contribution in [3.8, 4) is 16.9 Å². The zero-order valence-electron chi connectivity index (χ0n) is 21.2. The Balaban J connectivity index is 1.57. The van der Waals surface area contributed by atoms with Crippen LogP contribution >= 0.6 is 0 Å². The van der Waals surface area contributed by atoms with Gasteiger partial charge in [0.25, 0.3) is 0 Å². The van der Waals surface area contributed by atoms with Crippen LogP contribution in [-0.2, 0) is 19.9 Å². The molecule has 0 unspecified atom stereocenters. The van der Waals surface area contributed by atoms with E-state index in [2.05, 4.69) is 11.0 Å². The fraction of sp³-hybridized carbons (Fsp3) is 0.379. The first-order valence-corrected chi connectivity index (χ1v) is 12.2. The van der Waals surface area contributed by atoms with Gasteiger partial charge in [0.05, 0.1) is 56.2 Å². The van der Waals surface area contributed by atoms with E-state index in [0.29, 0.717) is 43.0 Å². The largest absolute Gasteiger partial charge is 0.504 e. The van der Waals surface area contributed by atoms with E-state index in [0.717, 1.165) is 28.0 Å². The number of carbonyl (C=O) groups excluding carboxylic acids is 1. The molecule has 0 amide bonds. The molecule has 0 aromatic heterocycles. The summed E-state index contributed by atoms with van der Waals surface area (Å²) in [7, 11) is 4.55. The Bertz CT molecular complexity index is 1270. The van der Waals surface area contributed by atoms with Gasteiger partial charge in [0.15, 0.2) is 0 Å². The van der Waals surface area contributed by atoms with Crippen molar-refractivity contribution >= 4 is 17.4 Å². The van der Waals surface area contributed by atoms with E-state index < -0.39 is 11.6 Å². The minimum Gasteiger partial charge on any atom is -0.504 e. The lowest BCUT2D eigenvalue weighted by molar-refractivity contribution is -0.136. The smallest absolute Gasteiger partial charge is 0.337 e. The summed E-state index contributed by atoms with van der Waals surface area (Å²) >= 11 is 0. The number of esters is 1. The SMILES string of the molecule is C/C=C1\CN2CC[C@@]3(O)C(=Nc4ccc(-c5ccccc5)c(OC)c43)[C@@H]2C[C@@H]1/C(=C\OC)C(=O)OC. The molecular weight excluding hydrogens is 456 g/mol. The van der Waals surface area contributed by atoms with Gasteiger partial charge in [-0.05, 0) is 37.5 Å². The molecule has 2 fully saturated rings. The van der Waals surface area contributed by atoms with Gasteiger partial charge in [-0.1, -0.05) is 42.0 Å². The van der Waals surface area contributed by atoms with Crippen molar-refractivity contribution in [2.75, 3.05) is 34.4 Å². The van der Waals surface area contributed by atoms with Crippen LogP contribution in [0.3, 0.4) is 0 Å². The van der Waals surface area contributed by atoms with Crippen molar-refractivity contribution < 1.29 is 24.1 Å². The summed E-state index contributed by atoms with van der Waals surface area (Å²) in [6.07, 6.45) is 4.65. The molecule has 7 heteroatoms. The van der Waals surface area contributed by atoms with Crippen LogP contribution in [0.15, 0.2) is 70.9 Å². The number of rotatable bonds is 5. The Labute approximate surface area is 211 Å². The Morgan fingerprint density at radius 3 is 2.61 bits per heavy atom. The Kier molecular flexibility index (Phi) is 6.45. The maximum Gasteiger partial charge on any atom is 0.337 e. The molecule has 36 heavy (non-hydrogen) atoms. The molecule has 0 spiro atoms. The average molecular weight is 489 g/mol. The van der Waals surface area contributed by atoms with Crippen LogP contribution in [0.2, 0.25) is 0 Å². The van der Waals surface area contributed by atoms with Gasteiger partial charge in [0, 0.05) is 24.6 Å². The zero-order valence-corrected chi connectivity index (χ0v) is 21.2. The van der Waals surface area contributed by atoms with Gasteiger partial charge in [-0.15, -0.1) is 0 Å². The van der Waals surface area contributed by atoms with Crippen LogP contribution in [0.4, 0.5) is 5.69 Å². The minimum atomic E-state index is -1.24. The van der Waals surface area contributed by atoms with Crippen molar-refractivity contribution in [1.29, 1.82) is 0 Å². The van der Waals surface area contributed by atoms with Gasteiger partial charge in [-0.3, -0.25) is 9.89 Å². The molecule has 0 radical (unpaired) electrons. The van der Waals surface area contributed by atoms with Gasteiger partial charge >= 0.3 is 5.97 Å². The van der Waals surface area contributed by atoms with E-state index >= 15 is 0 Å². The quantitative estimate of drug-likeness (QED) is 0.291. The highest BCUT2D eigenvalue weighted by Crippen LogP contribution is 2.53. The van der Waals surface area contributed by atoms with Gasteiger partial charge in [-0.2, -0.15) is 0 Å². The monoisotopic (exact) mass is 488 g/mol. The highest BCUT2D eigenvalue weighted by molar-refractivity contribution is 6.06. The number of aliphatic hydroxyl groups is 1. The zero-order chi connectivity index (χ0) is 25.4. The van der Waals surface area contributed by atoms with Crippen molar-refractivity contribution in [3.63, 3.8) is 0 Å². The highest BCUT2D eigenvalue weighted by atomic mass is 16.5. The van der Waals surface area contributed by atoms with E-state index in [1.54, 1.807) is 7.11 Å². The van der Waals surface area contributed by atoms with Crippen LogP contribution in [-0.4, -0.2) is 62.1 Å². The molecule has 7 nitrogen and oxygen atoms in total. The number of nitrogens with zero attached hydrogens (tertiary/aromatic N) is 2. The highest BCUT2D eigenvalue weighted by Gasteiger charge is 2.54. The summed E-state index contributed by atoms with van der Waals surface area (Å²) in [5.74, 6) is 0.0511. The first kappa shape index (κ1) is 24.3. The summed E-state index contributed by atoms with van der Waals surface area (Å²) in [6, 6.07) is 13.9. The number of aliphatic imine (C=N–C) groups is 1. The predicted octanol–water partition coefficient (Wildman–Crippen LogP) is 4.38. The summed E-state index contributed by atoms with van der Waals surface area (Å²) in [6.45, 7) is 3.37. The number of methoxy groups -OCH3 is 3. The summed E-state index contributed by atoms with van der Waals surface area (Å²) in [5.41, 5.74) is 4.50. The standard InChI is InChI=1S/C29H32N2O5/c1-5-18-16-31-14-13-29(33)25-23(12-11-20(26(25)35-3)19-9-7-6-8-10-19)30-27(29)24(31)15-21(18)22(17-34-2)28(32)36-4/h5-12,17,21,24,33H,13-16H2,1-4H3/b18-5+,22-17+/t21-,24-,29-/m0/s1. The van der Waals surface area contributed by atoms with Gasteiger partial charge in [0.2, 0.25) is 0 Å². The Hall–Kier alpha value is -3.42. The first-order chi connectivity index (χ1) is 17.5. The number of piperidine rings is 2. The molecule has 0 saturated carbocycles. The van der Waals surface area contributed by atoms with E-state index in [-0.39, 0.29) is 12.0 Å². The molecule has 2 aromatic rings. The summed E-state index contributed by atoms with van der Waals surface area (Å²) < 4.78 is 16.2. The molecular formula is C29H32N2O5. The second kappa shape index (κ2) is 9.56. The fourth-order valence-electron chi connectivity index (χ4n) is 6.02. The first-order valence-electron chi connectivity index (χ1n) is 12.2. The lowest BCUT2D eigenvalue weighted by atomic mass is 9.72. The lowest BCUT2D eigenvalue weighted by Gasteiger charge is -2.48. The molecule has 188 valence electrons. The number of fused-ring (bicyclic) bond motifs is 5. The molecule has 5 rings (SSSR count). The van der Waals surface area contributed by atoms with Crippen LogP contribution in [0.5, 0.6) is 5.75 Å². The number of carbonyl (C=O) groups is 1. The second-order valence-corrected chi connectivity index (χ2v) is 9.45. The third-order valence-electron chi connectivity index (χ3n) is 7.72. The predicted molar refractivity (Wildman–Crippen MR) is 138 cm³/mol. The van der Waals surface area contributed by atoms with E-state index in [1.165, 1.54) is 20.5 Å². The minimum absolute atomic E-state index is 0.139. The van der Waals surface area contributed by atoms with Gasteiger partial charge in [-0.25, -0.2) is 4.79 Å². The van der Waals surface area contributed by atoms with Crippen LogP contribution in [0.1, 0.15) is 25.3 Å². The van der Waals surface area contributed by atoms with Gasteiger partial charge < -0.3 is 19.3 Å². The molecule has 2 saturated heterocycles. The normalized spacial score (nSPS) is 26.5. The van der Waals surface area contributed by atoms with E-state index in [9.17, 15) is 9.90 Å². The van der Waals surface area contributed by atoms with Crippen molar-refractivity contribution in [2.45, 2.75) is 31.4 Å². The summed E-state index contributed by atoms with van der Waals surface area (Å²) in [4.78, 5) is 20.0. The maximum atomic E-state index is 12.6. The lowest BCUT2D eigenvalue weighted by Crippen LogP contribution is -2.59. The molecule has 3 aliphatic heterocycles. The van der Waals surface area contributed by atoms with Crippen LogP contribution in [0.25, 0.3) is 11.1 Å². The van der Waals surface area contributed by atoms with E-state index in [4.69, 9.17) is 19.2 Å². The number of benzene rings is 2. The third kappa shape index (κ3) is 3.74. The van der Waals surface area contributed by atoms with Crippen LogP contribution in [0, 0.1) is 5.92 Å². The second-order valence-electron chi connectivity index (χ2n) is 9.45. The van der Waals surface area contributed by atoms with E-state index in [1.807, 2.05) is 49.4 Å².